The lowest BCUT2D eigenvalue weighted by Crippen LogP contribution is -2.27. The summed E-state index contributed by atoms with van der Waals surface area (Å²) in [7, 11) is 2.91. The first-order chi connectivity index (χ1) is 10.1. The van der Waals surface area contributed by atoms with Gasteiger partial charge in [-0.05, 0) is 12.1 Å². The van der Waals surface area contributed by atoms with E-state index in [0.29, 0.717) is 16.6 Å². The number of carbonyl (C=O) groups excluding carboxylic acids is 1. The van der Waals surface area contributed by atoms with Gasteiger partial charge in [-0.25, -0.2) is 0 Å². The molecule has 2 aromatic rings. The van der Waals surface area contributed by atoms with Crippen molar-refractivity contribution in [1.82, 2.24) is 9.30 Å². The molecule has 7 nitrogen and oxygen atoms in total. The van der Waals surface area contributed by atoms with Gasteiger partial charge in [0.25, 0.3) is 5.91 Å². The zero-order valence-corrected chi connectivity index (χ0v) is 11.4. The first kappa shape index (κ1) is 12.9. The van der Waals surface area contributed by atoms with Crippen molar-refractivity contribution in [2.75, 3.05) is 14.2 Å². The molecule has 1 aliphatic heterocycles. The highest BCUT2D eigenvalue weighted by Crippen LogP contribution is 2.25. The minimum Gasteiger partial charge on any atom is -0.397 e. The van der Waals surface area contributed by atoms with Gasteiger partial charge in [-0.1, -0.05) is 11.2 Å². The standard InChI is InChI=1S/C14H11N5O2/c1-18-13(17-21-2)10-8(7-15)9-5-3-4-6-19(9)12(16)11(10)14(18)20/h3-6,16H,1-2H3/b16-12?,17-13-. The Morgan fingerprint density at radius 1 is 1.38 bits per heavy atom. The van der Waals surface area contributed by atoms with Crippen LogP contribution in [0.25, 0.3) is 5.52 Å². The summed E-state index contributed by atoms with van der Waals surface area (Å²) in [5.74, 6) is -0.130. The number of pyridine rings is 2. The Hall–Kier alpha value is -3.14. The molecule has 0 radical (unpaired) electrons. The normalized spacial score (nSPS) is 15.4. The Kier molecular flexibility index (Phi) is 2.73. The Morgan fingerprint density at radius 2 is 2.14 bits per heavy atom. The predicted molar refractivity (Wildman–Crippen MR) is 73.6 cm³/mol. The highest BCUT2D eigenvalue weighted by atomic mass is 16.6. The predicted octanol–water partition coefficient (Wildman–Crippen LogP) is 0.684. The number of rotatable bonds is 1. The van der Waals surface area contributed by atoms with E-state index in [0.717, 1.165) is 0 Å². The molecule has 2 aromatic heterocycles. The summed E-state index contributed by atoms with van der Waals surface area (Å²) >= 11 is 0. The zero-order valence-electron chi connectivity index (χ0n) is 11.4. The number of nitrogens with zero attached hydrogens (tertiary/aromatic N) is 4. The van der Waals surface area contributed by atoms with Crippen LogP contribution in [-0.2, 0) is 4.84 Å². The highest BCUT2D eigenvalue weighted by molar-refractivity contribution is 6.24. The molecule has 0 aliphatic carbocycles. The van der Waals surface area contributed by atoms with Crippen LogP contribution in [0.15, 0.2) is 29.6 Å². The lowest BCUT2D eigenvalue weighted by molar-refractivity contribution is 0.0875. The largest absolute Gasteiger partial charge is 0.397 e. The van der Waals surface area contributed by atoms with Crippen LogP contribution < -0.4 is 5.49 Å². The first-order valence-electron chi connectivity index (χ1n) is 6.13. The van der Waals surface area contributed by atoms with Gasteiger partial charge in [-0.2, -0.15) is 5.26 Å². The Balaban J connectivity index is 2.58. The van der Waals surface area contributed by atoms with Crippen LogP contribution >= 0.6 is 0 Å². The summed E-state index contributed by atoms with van der Waals surface area (Å²) in [5, 5.41) is 21.6. The summed E-state index contributed by atoms with van der Waals surface area (Å²) in [5.41, 5.74) is 1.39. The molecule has 1 aliphatic rings. The molecule has 0 fully saturated rings. The third-order valence-corrected chi connectivity index (χ3v) is 3.44. The van der Waals surface area contributed by atoms with E-state index < -0.39 is 0 Å². The monoisotopic (exact) mass is 281 g/mol. The molecule has 0 unspecified atom stereocenters. The van der Waals surface area contributed by atoms with Crippen molar-refractivity contribution >= 4 is 17.3 Å². The fourth-order valence-electron chi connectivity index (χ4n) is 2.50. The van der Waals surface area contributed by atoms with E-state index in [-0.39, 0.29) is 22.8 Å². The number of amidine groups is 1. The number of nitriles is 1. The number of aromatic nitrogens is 1. The topological polar surface area (TPSA) is 93.9 Å². The van der Waals surface area contributed by atoms with Crippen LogP contribution in [0.3, 0.4) is 0 Å². The molecular formula is C14H11N5O2. The van der Waals surface area contributed by atoms with Crippen molar-refractivity contribution < 1.29 is 9.63 Å². The van der Waals surface area contributed by atoms with Crippen LogP contribution in [0.5, 0.6) is 0 Å². The molecule has 0 saturated carbocycles. The molecular weight excluding hydrogens is 270 g/mol. The maximum absolute atomic E-state index is 12.4. The maximum Gasteiger partial charge on any atom is 0.263 e. The average molecular weight is 281 g/mol. The summed E-state index contributed by atoms with van der Waals surface area (Å²) in [6.45, 7) is 0. The second kappa shape index (κ2) is 4.45. The van der Waals surface area contributed by atoms with Gasteiger partial charge in [-0.15, -0.1) is 0 Å². The molecule has 1 amide bonds. The van der Waals surface area contributed by atoms with E-state index in [4.69, 9.17) is 10.2 Å². The summed E-state index contributed by atoms with van der Waals surface area (Å²) in [6, 6.07) is 7.35. The van der Waals surface area contributed by atoms with Gasteiger partial charge in [0.2, 0.25) is 0 Å². The molecule has 0 spiro atoms. The Bertz CT molecular complexity index is 904. The van der Waals surface area contributed by atoms with Gasteiger partial charge in [0.15, 0.2) is 5.84 Å². The first-order valence-corrected chi connectivity index (χ1v) is 6.13. The number of oxime groups is 1. The lowest BCUT2D eigenvalue weighted by atomic mass is 10.0. The number of hydrogen-bond acceptors (Lipinski definition) is 5. The molecule has 0 aromatic carbocycles. The van der Waals surface area contributed by atoms with E-state index in [2.05, 4.69) is 11.2 Å². The summed E-state index contributed by atoms with van der Waals surface area (Å²) in [6.07, 6.45) is 1.65. The molecule has 104 valence electrons. The van der Waals surface area contributed by atoms with E-state index in [1.807, 2.05) is 0 Å². The molecule has 3 heterocycles. The summed E-state index contributed by atoms with van der Waals surface area (Å²) < 4.78 is 1.51. The molecule has 0 saturated heterocycles. The third kappa shape index (κ3) is 1.56. The summed E-state index contributed by atoms with van der Waals surface area (Å²) in [4.78, 5) is 18.4. The van der Waals surface area contributed by atoms with Crippen molar-refractivity contribution in [3.05, 3.63) is 46.6 Å². The molecule has 0 atom stereocenters. The van der Waals surface area contributed by atoms with Crippen molar-refractivity contribution in [3.63, 3.8) is 0 Å². The lowest BCUT2D eigenvalue weighted by Gasteiger charge is -2.09. The Labute approximate surface area is 119 Å². The average Bonchev–Trinajstić information content (AvgIpc) is 2.74. The van der Waals surface area contributed by atoms with E-state index >= 15 is 0 Å². The third-order valence-electron chi connectivity index (χ3n) is 3.44. The van der Waals surface area contributed by atoms with Crippen LogP contribution in [0.2, 0.25) is 0 Å². The zero-order chi connectivity index (χ0) is 15.1. The van der Waals surface area contributed by atoms with Crippen LogP contribution in [0.1, 0.15) is 21.5 Å². The smallest absolute Gasteiger partial charge is 0.263 e. The minimum atomic E-state index is -0.374. The SMILES string of the molecule is CO/N=C1/c2c(c(=N)n3ccccc3c2C#N)C(=O)N1C. The van der Waals surface area contributed by atoms with Gasteiger partial charge >= 0.3 is 0 Å². The second-order valence-corrected chi connectivity index (χ2v) is 4.50. The molecule has 7 heteroatoms. The molecule has 0 bridgehead atoms. The van der Waals surface area contributed by atoms with E-state index in [1.54, 1.807) is 24.4 Å². The van der Waals surface area contributed by atoms with Crippen molar-refractivity contribution in [2.45, 2.75) is 0 Å². The Morgan fingerprint density at radius 3 is 2.81 bits per heavy atom. The highest BCUT2D eigenvalue weighted by Gasteiger charge is 2.37. The molecule has 3 rings (SSSR count). The van der Waals surface area contributed by atoms with Gasteiger partial charge in [-0.3, -0.25) is 15.1 Å². The maximum atomic E-state index is 12.4. The van der Waals surface area contributed by atoms with Crippen molar-refractivity contribution in [3.8, 4) is 6.07 Å². The van der Waals surface area contributed by atoms with Crippen molar-refractivity contribution in [2.24, 2.45) is 5.16 Å². The van der Waals surface area contributed by atoms with Crippen LogP contribution in [0, 0.1) is 16.7 Å². The van der Waals surface area contributed by atoms with E-state index in [1.165, 1.54) is 23.5 Å². The number of carbonyl (C=O) groups is 1. The minimum absolute atomic E-state index is 0.0257. The number of nitrogens with one attached hydrogen (secondary N) is 1. The fourth-order valence-corrected chi connectivity index (χ4v) is 2.50. The van der Waals surface area contributed by atoms with E-state index in [9.17, 15) is 10.1 Å². The van der Waals surface area contributed by atoms with Gasteiger partial charge in [0, 0.05) is 13.2 Å². The number of fused-ring (bicyclic) bond motifs is 2. The van der Waals surface area contributed by atoms with Crippen LogP contribution in [0.4, 0.5) is 0 Å². The van der Waals surface area contributed by atoms with Gasteiger partial charge in [0.1, 0.15) is 18.7 Å². The molecule has 21 heavy (non-hydrogen) atoms. The molecule has 1 N–H and O–H groups in total. The number of hydrogen-bond donors (Lipinski definition) is 1. The quantitative estimate of drug-likeness (QED) is 0.779. The van der Waals surface area contributed by atoms with Crippen LogP contribution in [-0.4, -0.2) is 35.2 Å². The number of amides is 1. The van der Waals surface area contributed by atoms with Gasteiger partial charge < -0.3 is 9.24 Å². The van der Waals surface area contributed by atoms with Gasteiger partial charge in [0.05, 0.1) is 22.2 Å². The second-order valence-electron chi connectivity index (χ2n) is 4.50. The van der Waals surface area contributed by atoms with Crippen molar-refractivity contribution in [1.29, 1.82) is 10.7 Å². The fraction of sp³-hybridized carbons (Fsp3) is 0.143.